The average molecular weight is 527 g/mol. The monoisotopic (exact) mass is 527 g/mol. The Morgan fingerprint density at radius 3 is 1.13 bits per heavy atom. The normalized spacial score (nSPS) is 9.60. The Bertz CT molecular complexity index is 82.6. The van der Waals surface area contributed by atoms with Crippen molar-refractivity contribution in [3.8, 4) is 0 Å². The van der Waals surface area contributed by atoms with E-state index in [-0.39, 0.29) is 46.4 Å². The molecule has 0 unspecified atom stereocenters. The Morgan fingerprint density at radius 2 is 0.933 bits per heavy atom. The van der Waals surface area contributed by atoms with E-state index >= 15 is 0 Å². The van der Waals surface area contributed by atoms with E-state index in [4.69, 9.17) is 0 Å². The molecular formula is C12H28AuIP. The van der Waals surface area contributed by atoms with E-state index in [2.05, 4.69) is 20.8 Å². The third-order valence-electron chi connectivity index (χ3n) is 2.48. The Morgan fingerprint density at radius 1 is 0.667 bits per heavy atom. The summed E-state index contributed by atoms with van der Waals surface area (Å²) in [6, 6.07) is 0. The summed E-state index contributed by atoms with van der Waals surface area (Å²) in [6.07, 6.45) is 13.2. The molecule has 0 amide bonds. The van der Waals surface area contributed by atoms with Crippen LogP contribution in [-0.4, -0.2) is 18.5 Å². The summed E-state index contributed by atoms with van der Waals surface area (Å²) in [7, 11) is 0.422. The molecule has 0 aromatic heterocycles. The smallest absolute Gasteiger partial charge is 0 e. The van der Waals surface area contributed by atoms with Gasteiger partial charge in [0.2, 0.25) is 0 Å². The SMILES string of the molecule is CCCCP(CCCC)CCCC.I.[Au]. The topological polar surface area (TPSA) is 0 Å². The Hall–Kier alpha value is 1.90. The molecule has 0 aromatic carbocycles. The van der Waals surface area contributed by atoms with E-state index in [1.54, 1.807) is 18.5 Å². The fourth-order valence-corrected chi connectivity index (χ4v) is 4.44. The molecule has 0 aliphatic carbocycles. The van der Waals surface area contributed by atoms with Crippen LogP contribution in [0, 0.1) is 0 Å². The van der Waals surface area contributed by atoms with Gasteiger partial charge >= 0.3 is 0 Å². The summed E-state index contributed by atoms with van der Waals surface area (Å²) < 4.78 is 0. The van der Waals surface area contributed by atoms with Gasteiger partial charge in [-0.2, -0.15) is 0 Å². The molecule has 0 saturated carbocycles. The van der Waals surface area contributed by atoms with Crippen molar-refractivity contribution in [1.82, 2.24) is 0 Å². The molecule has 1 radical (unpaired) electrons. The van der Waals surface area contributed by atoms with E-state index < -0.39 is 0 Å². The number of rotatable bonds is 9. The summed E-state index contributed by atoms with van der Waals surface area (Å²) in [5.41, 5.74) is 0. The first-order chi connectivity index (χ1) is 6.35. The maximum atomic E-state index is 2.31. The van der Waals surface area contributed by atoms with Crippen molar-refractivity contribution in [3.63, 3.8) is 0 Å². The molecule has 15 heavy (non-hydrogen) atoms. The van der Waals surface area contributed by atoms with Gasteiger partial charge in [0, 0.05) is 22.4 Å². The van der Waals surface area contributed by atoms with Crippen LogP contribution in [0.3, 0.4) is 0 Å². The zero-order valence-corrected chi connectivity index (χ0v) is 15.9. The minimum absolute atomic E-state index is 0. The molecule has 0 fully saturated rings. The van der Waals surface area contributed by atoms with E-state index in [1.807, 2.05) is 0 Å². The second kappa shape index (κ2) is 18.3. The van der Waals surface area contributed by atoms with Crippen LogP contribution in [0.25, 0.3) is 0 Å². The largest absolute Gasteiger partial charge is 0.107 e. The van der Waals surface area contributed by atoms with Gasteiger partial charge in [-0.3, -0.25) is 0 Å². The molecule has 0 bridgehead atoms. The average Bonchev–Trinajstić information content (AvgIpc) is 2.17. The fourth-order valence-electron chi connectivity index (χ4n) is 1.48. The molecular weight excluding hydrogens is 499 g/mol. The van der Waals surface area contributed by atoms with Gasteiger partial charge in [0.15, 0.2) is 0 Å². The van der Waals surface area contributed by atoms with Crippen molar-refractivity contribution in [2.45, 2.75) is 59.3 Å². The van der Waals surface area contributed by atoms with Crippen LogP contribution in [0.15, 0.2) is 0 Å². The molecule has 0 saturated heterocycles. The molecule has 0 aromatic rings. The van der Waals surface area contributed by atoms with Gasteiger partial charge in [-0.15, -0.1) is 31.9 Å². The second-order valence-corrected chi connectivity index (χ2v) is 6.59. The van der Waals surface area contributed by atoms with Crippen LogP contribution in [0.4, 0.5) is 0 Å². The summed E-state index contributed by atoms with van der Waals surface area (Å²) >= 11 is 0. The van der Waals surface area contributed by atoms with Crippen molar-refractivity contribution in [2.75, 3.05) is 18.5 Å². The van der Waals surface area contributed by atoms with Gasteiger partial charge in [-0.25, -0.2) is 0 Å². The van der Waals surface area contributed by atoms with Crippen LogP contribution in [-0.2, 0) is 22.4 Å². The van der Waals surface area contributed by atoms with Gasteiger partial charge in [-0.05, 0) is 37.7 Å². The number of unbranched alkanes of at least 4 members (excludes halogenated alkanes) is 3. The molecule has 0 aliphatic heterocycles. The number of hydrogen-bond acceptors (Lipinski definition) is 0. The minimum Gasteiger partial charge on any atom is -0.107 e. The molecule has 0 N–H and O–H groups in total. The maximum absolute atomic E-state index is 2.31. The van der Waals surface area contributed by atoms with Crippen LogP contribution < -0.4 is 0 Å². The molecule has 0 spiro atoms. The predicted molar refractivity (Wildman–Crippen MR) is 81.7 cm³/mol. The van der Waals surface area contributed by atoms with E-state index in [0.717, 1.165) is 0 Å². The standard InChI is InChI=1S/C12H27P.Au.HI/c1-4-7-10-13(11-8-5-2)12-9-6-3;;/h4-12H2,1-3H3;;1H. The van der Waals surface area contributed by atoms with Crippen LogP contribution >= 0.6 is 31.9 Å². The number of hydrogen-bond donors (Lipinski definition) is 0. The third kappa shape index (κ3) is 15.9. The van der Waals surface area contributed by atoms with Gasteiger partial charge in [0.05, 0.1) is 0 Å². The van der Waals surface area contributed by atoms with E-state index in [0.29, 0.717) is 7.92 Å². The van der Waals surface area contributed by atoms with Crippen molar-refractivity contribution in [1.29, 1.82) is 0 Å². The van der Waals surface area contributed by atoms with Gasteiger partial charge in [-0.1, -0.05) is 40.0 Å². The molecule has 0 nitrogen and oxygen atoms in total. The van der Waals surface area contributed by atoms with E-state index in [1.165, 1.54) is 38.5 Å². The zero-order chi connectivity index (χ0) is 9.94. The summed E-state index contributed by atoms with van der Waals surface area (Å²) in [6.45, 7) is 6.94. The summed E-state index contributed by atoms with van der Waals surface area (Å²) in [4.78, 5) is 0. The molecule has 3 heteroatoms. The summed E-state index contributed by atoms with van der Waals surface area (Å²) in [5.74, 6) is 0. The molecule has 0 heterocycles. The van der Waals surface area contributed by atoms with Crippen molar-refractivity contribution in [3.05, 3.63) is 0 Å². The quantitative estimate of drug-likeness (QED) is 0.212. The minimum atomic E-state index is 0. The summed E-state index contributed by atoms with van der Waals surface area (Å²) in [5, 5.41) is 0. The van der Waals surface area contributed by atoms with Crippen LogP contribution in [0.1, 0.15) is 59.3 Å². The molecule has 0 aliphatic rings. The van der Waals surface area contributed by atoms with E-state index in [9.17, 15) is 0 Å². The predicted octanol–water partition coefficient (Wildman–Crippen LogP) is 5.48. The van der Waals surface area contributed by atoms with Crippen LogP contribution in [0.5, 0.6) is 0 Å². The van der Waals surface area contributed by atoms with Crippen LogP contribution in [0.2, 0.25) is 0 Å². The first-order valence-electron chi connectivity index (χ1n) is 6.07. The number of halogens is 1. The third-order valence-corrected chi connectivity index (χ3v) is 5.33. The Kier molecular flexibility index (Phi) is 26.9. The first kappa shape index (κ1) is 22.1. The molecule has 0 atom stereocenters. The maximum Gasteiger partial charge on any atom is 0 e. The van der Waals surface area contributed by atoms with Gasteiger partial charge < -0.3 is 0 Å². The van der Waals surface area contributed by atoms with Crippen molar-refractivity contribution < 1.29 is 22.4 Å². The second-order valence-electron chi connectivity index (χ2n) is 3.90. The van der Waals surface area contributed by atoms with Gasteiger partial charge in [0.1, 0.15) is 0 Å². The fraction of sp³-hybridized carbons (Fsp3) is 1.00. The van der Waals surface area contributed by atoms with Crippen molar-refractivity contribution in [2.24, 2.45) is 0 Å². The molecule has 99 valence electrons. The van der Waals surface area contributed by atoms with Gasteiger partial charge in [0.25, 0.3) is 0 Å². The zero-order valence-electron chi connectivity index (χ0n) is 10.5. The first-order valence-corrected chi connectivity index (χ1v) is 7.97. The Balaban J connectivity index is -0.000000720. The molecule has 0 rings (SSSR count). The Labute approximate surface area is 131 Å². The van der Waals surface area contributed by atoms with Crippen molar-refractivity contribution >= 4 is 31.9 Å².